The highest BCUT2D eigenvalue weighted by atomic mass is 32.2. The Balaban J connectivity index is 1.80. The molecular formula is C19H19FN4O4S2. The lowest BCUT2D eigenvalue weighted by molar-refractivity contribution is -0.116. The van der Waals surface area contributed by atoms with Crippen molar-refractivity contribution in [3.8, 4) is 16.3 Å². The summed E-state index contributed by atoms with van der Waals surface area (Å²) in [6, 6.07) is 11.3. The summed E-state index contributed by atoms with van der Waals surface area (Å²) in [4.78, 5) is 12.7. The Morgan fingerprint density at radius 1 is 1.17 bits per heavy atom. The number of hydrogen-bond donors (Lipinski definition) is 1. The van der Waals surface area contributed by atoms with Crippen LogP contribution in [0.4, 0.5) is 15.2 Å². The standard InChI is InChI=1S/C19H19FN4O4S2/c1-12(24(30(3,26)27)16-7-5-4-6-15(16)20)17(25)21-19-23-22-18(29-19)13-8-10-14(28-2)11-9-13/h4-12H,1-3H3,(H,21,23,25). The van der Waals surface area contributed by atoms with Gasteiger partial charge < -0.3 is 4.74 Å². The van der Waals surface area contributed by atoms with Crippen LogP contribution in [0.25, 0.3) is 10.6 Å². The minimum Gasteiger partial charge on any atom is -0.497 e. The third-order valence-electron chi connectivity index (χ3n) is 4.17. The molecule has 3 rings (SSSR count). The molecule has 1 aromatic heterocycles. The fraction of sp³-hybridized carbons (Fsp3) is 0.211. The van der Waals surface area contributed by atoms with Crippen molar-refractivity contribution >= 4 is 38.1 Å². The van der Waals surface area contributed by atoms with Gasteiger partial charge in [0.05, 0.1) is 19.1 Å². The number of para-hydroxylation sites is 1. The van der Waals surface area contributed by atoms with Crippen molar-refractivity contribution in [2.24, 2.45) is 0 Å². The number of nitrogens with zero attached hydrogens (tertiary/aromatic N) is 3. The second kappa shape index (κ2) is 8.76. The number of amides is 1. The number of carbonyl (C=O) groups is 1. The van der Waals surface area contributed by atoms with Gasteiger partial charge in [0.1, 0.15) is 22.6 Å². The number of methoxy groups -OCH3 is 1. The molecule has 2 aromatic carbocycles. The number of anilines is 2. The van der Waals surface area contributed by atoms with Crippen LogP contribution in [-0.2, 0) is 14.8 Å². The Hall–Kier alpha value is -3.05. The summed E-state index contributed by atoms with van der Waals surface area (Å²) >= 11 is 1.13. The first kappa shape index (κ1) is 21.7. The average molecular weight is 451 g/mol. The van der Waals surface area contributed by atoms with Gasteiger partial charge in [0.2, 0.25) is 21.1 Å². The molecule has 158 valence electrons. The molecule has 0 saturated carbocycles. The number of carbonyl (C=O) groups excluding carboxylic acids is 1. The maximum atomic E-state index is 14.2. The number of sulfonamides is 1. The van der Waals surface area contributed by atoms with E-state index in [9.17, 15) is 17.6 Å². The third-order valence-corrected chi connectivity index (χ3v) is 6.29. The van der Waals surface area contributed by atoms with Gasteiger partial charge in [0.15, 0.2) is 0 Å². The number of nitrogens with one attached hydrogen (secondary N) is 1. The van der Waals surface area contributed by atoms with E-state index < -0.39 is 27.8 Å². The van der Waals surface area contributed by atoms with Gasteiger partial charge in [-0.05, 0) is 43.3 Å². The van der Waals surface area contributed by atoms with Gasteiger partial charge in [-0.25, -0.2) is 12.8 Å². The smallest absolute Gasteiger partial charge is 0.249 e. The van der Waals surface area contributed by atoms with Crippen LogP contribution >= 0.6 is 11.3 Å². The van der Waals surface area contributed by atoms with E-state index in [4.69, 9.17) is 4.74 Å². The number of halogens is 1. The SMILES string of the molecule is COc1ccc(-c2nnc(NC(=O)C(C)N(c3ccccc3F)S(C)(=O)=O)s2)cc1. The van der Waals surface area contributed by atoms with Crippen LogP contribution < -0.4 is 14.4 Å². The van der Waals surface area contributed by atoms with Gasteiger partial charge in [-0.2, -0.15) is 0 Å². The molecule has 8 nitrogen and oxygen atoms in total. The van der Waals surface area contributed by atoms with Gasteiger partial charge in [0, 0.05) is 5.56 Å². The Bertz CT molecular complexity index is 1150. The van der Waals surface area contributed by atoms with Gasteiger partial charge >= 0.3 is 0 Å². The number of ether oxygens (including phenoxy) is 1. The number of rotatable bonds is 7. The maximum Gasteiger partial charge on any atom is 0.249 e. The molecule has 3 aromatic rings. The molecule has 0 saturated heterocycles. The van der Waals surface area contributed by atoms with Gasteiger partial charge in [-0.1, -0.05) is 23.5 Å². The summed E-state index contributed by atoms with van der Waals surface area (Å²) < 4.78 is 44.6. The summed E-state index contributed by atoms with van der Waals surface area (Å²) in [6.45, 7) is 1.37. The molecule has 1 N–H and O–H groups in total. The minimum absolute atomic E-state index is 0.194. The molecule has 1 amide bonds. The van der Waals surface area contributed by atoms with E-state index in [0.717, 1.165) is 33.5 Å². The zero-order valence-corrected chi connectivity index (χ0v) is 18.0. The fourth-order valence-electron chi connectivity index (χ4n) is 2.75. The molecule has 0 aliphatic carbocycles. The van der Waals surface area contributed by atoms with Crippen LogP contribution in [0.15, 0.2) is 48.5 Å². The molecule has 11 heteroatoms. The van der Waals surface area contributed by atoms with Crippen LogP contribution in [0.3, 0.4) is 0 Å². The number of aromatic nitrogens is 2. The first-order valence-corrected chi connectivity index (χ1v) is 11.4. The Labute approximate surface area is 177 Å². The lowest BCUT2D eigenvalue weighted by atomic mass is 10.2. The molecule has 0 spiro atoms. The second-order valence-electron chi connectivity index (χ2n) is 6.32. The van der Waals surface area contributed by atoms with Crippen LogP contribution in [0.5, 0.6) is 5.75 Å². The van der Waals surface area contributed by atoms with Crippen LogP contribution in [0.1, 0.15) is 6.92 Å². The Morgan fingerprint density at radius 2 is 1.83 bits per heavy atom. The van der Waals surface area contributed by atoms with Crippen molar-refractivity contribution < 1.29 is 22.3 Å². The van der Waals surface area contributed by atoms with Crippen molar-refractivity contribution in [1.29, 1.82) is 0 Å². The van der Waals surface area contributed by atoms with Crippen LogP contribution in [0.2, 0.25) is 0 Å². The molecule has 0 aliphatic heterocycles. The molecule has 0 bridgehead atoms. The van der Waals surface area contributed by atoms with Crippen LogP contribution in [-0.4, -0.2) is 43.9 Å². The topological polar surface area (TPSA) is 101 Å². The summed E-state index contributed by atoms with van der Waals surface area (Å²) in [7, 11) is -2.37. The lowest BCUT2D eigenvalue weighted by Gasteiger charge is -2.28. The molecule has 0 fully saturated rings. The molecule has 0 aliphatic rings. The summed E-state index contributed by atoms with van der Waals surface area (Å²) in [5.41, 5.74) is 0.574. The number of hydrogen-bond acceptors (Lipinski definition) is 7. The first-order chi connectivity index (χ1) is 14.2. The van der Waals surface area contributed by atoms with E-state index in [2.05, 4.69) is 15.5 Å². The van der Waals surface area contributed by atoms with Gasteiger partial charge in [0.25, 0.3) is 0 Å². The predicted molar refractivity (Wildman–Crippen MR) is 114 cm³/mol. The van der Waals surface area contributed by atoms with E-state index in [1.165, 1.54) is 25.1 Å². The van der Waals surface area contributed by atoms with Crippen molar-refractivity contribution in [3.63, 3.8) is 0 Å². The minimum atomic E-state index is -3.93. The van der Waals surface area contributed by atoms with Crippen LogP contribution in [0, 0.1) is 5.82 Å². The molecule has 1 atom stereocenters. The Kier molecular flexibility index (Phi) is 6.32. The van der Waals surface area contributed by atoms with E-state index in [1.54, 1.807) is 31.4 Å². The molecule has 0 radical (unpaired) electrons. The van der Waals surface area contributed by atoms with Crippen molar-refractivity contribution in [2.45, 2.75) is 13.0 Å². The monoisotopic (exact) mass is 450 g/mol. The maximum absolute atomic E-state index is 14.2. The fourth-order valence-corrected chi connectivity index (χ4v) is 4.67. The van der Waals surface area contributed by atoms with E-state index in [0.29, 0.717) is 10.8 Å². The highest BCUT2D eigenvalue weighted by molar-refractivity contribution is 7.92. The third kappa shape index (κ3) is 4.74. The first-order valence-electron chi connectivity index (χ1n) is 8.73. The quantitative estimate of drug-likeness (QED) is 0.593. The number of benzene rings is 2. The largest absolute Gasteiger partial charge is 0.497 e. The molecule has 30 heavy (non-hydrogen) atoms. The zero-order valence-electron chi connectivity index (χ0n) is 16.4. The van der Waals surface area contributed by atoms with Gasteiger partial charge in [-0.15, -0.1) is 10.2 Å². The summed E-state index contributed by atoms with van der Waals surface area (Å²) in [5.74, 6) is -0.721. The summed E-state index contributed by atoms with van der Waals surface area (Å²) in [6.07, 6.45) is 0.913. The predicted octanol–water partition coefficient (Wildman–Crippen LogP) is 3.15. The average Bonchev–Trinajstić information content (AvgIpc) is 3.17. The molecule has 1 heterocycles. The van der Waals surface area contributed by atoms with Crippen molar-refractivity contribution in [2.75, 3.05) is 23.0 Å². The van der Waals surface area contributed by atoms with E-state index >= 15 is 0 Å². The zero-order chi connectivity index (χ0) is 21.9. The highest BCUT2D eigenvalue weighted by Crippen LogP contribution is 2.29. The Morgan fingerprint density at radius 3 is 2.43 bits per heavy atom. The lowest BCUT2D eigenvalue weighted by Crippen LogP contribution is -2.45. The van der Waals surface area contributed by atoms with E-state index in [-0.39, 0.29) is 10.8 Å². The second-order valence-corrected chi connectivity index (χ2v) is 9.15. The van der Waals surface area contributed by atoms with Crippen molar-refractivity contribution in [1.82, 2.24) is 10.2 Å². The highest BCUT2D eigenvalue weighted by Gasteiger charge is 2.31. The molecule has 1 unspecified atom stereocenters. The normalized spacial score (nSPS) is 12.3. The van der Waals surface area contributed by atoms with Crippen molar-refractivity contribution in [3.05, 3.63) is 54.3 Å². The summed E-state index contributed by atoms with van der Waals surface area (Å²) in [5, 5.41) is 11.3. The van der Waals surface area contributed by atoms with Gasteiger partial charge in [-0.3, -0.25) is 14.4 Å². The molecular weight excluding hydrogens is 431 g/mol. The van der Waals surface area contributed by atoms with E-state index in [1.807, 2.05) is 0 Å².